The van der Waals surface area contributed by atoms with Gasteiger partial charge >= 0.3 is 0 Å². The number of methoxy groups -OCH3 is 1. The second-order valence-corrected chi connectivity index (χ2v) is 23.4. The van der Waals surface area contributed by atoms with Crippen LogP contribution in [0.5, 0.6) is 5.75 Å². The molecule has 8 aromatic rings. The van der Waals surface area contributed by atoms with E-state index in [1.807, 2.05) is 19.4 Å². The van der Waals surface area contributed by atoms with Crippen molar-refractivity contribution >= 4 is 62.5 Å². The lowest BCUT2D eigenvalue weighted by Crippen LogP contribution is -2.54. The van der Waals surface area contributed by atoms with Crippen molar-refractivity contribution in [3.05, 3.63) is 184 Å². The molecule has 4 nitrogen and oxygen atoms in total. The van der Waals surface area contributed by atoms with Crippen LogP contribution < -0.4 is 25.5 Å². The van der Waals surface area contributed by atoms with Crippen LogP contribution in [0.1, 0.15) is 127 Å². The first kappa shape index (κ1) is 47.0. The molecule has 5 heteroatoms. The highest BCUT2D eigenvalue weighted by atomic mass is 16.5. The highest BCUT2D eigenvalue weighted by Gasteiger charge is 2.45. The molecule has 2 aliphatic rings. The van der Waals surface area contributed by atoms with E-state index in [0.717, 1.165) is 39.1 Å². The lowest BCUT2D eigenvalue weighted by Gasteiger charge is -2.45. The van der Waals surface area contributed by atoms with E-state index >= 15 is 0 Å². The van der Waals surface area contributed by atoms with Gasteiger partial charge in [0.2, 0.25) is 0 Å². The summed E-state index contributed by atoms with van der Waals surface area (Å²) in [4.78, 5) is 5.17. The fraction of sp³-hybridized carbons (Fsp3) is 0.292. The molecule has 0 bridgehead atoms. The van der Waals surface area contributed by atoms with Crippen LogP contribution in [-0.2, 0) is 16.2 Å². The maximum Gasteiger partial charge on any atom is 0.252 e. The minimum absolute atomic E-state index is 0.00137. The summed E-state index contributed by atoms with van der Waals surface area (Å²) in [6, 6.07) is 48.1. The number of hydrogen-bond donors (Lipinski definition) is 0. The minimum atomic E-state index is -0.167. The van der Waals surface area contributed by atoms with Crippen LogP contribution in [0.3, 0.4) is 0 Å². The molecule has 0 fully saturated rings. The summed E-state index contributed by atoms with van der Waals surface area (Å²) < 4.78 is 12.7. The van der Waals surface area contributed by atoms with E-state index < -0.39 is 0 Å². The van der Waals surface area contributed by atoms with Gasteiger partial charge in [-0.15, -0.1) is 0 Å². The zero-order valence-corrected chi connectivity index (χ0v) is 44.1. The van der Waals surface area contributed by atoms with Crippen molar-refractivity contribution in [2.24, 2.45) is 0 Å². The topological polar surface area (TPSA) is 28.9 Å². The van der Waals surface area contributed by atoms with Gasteiger partial charge < -0.3 is 19.0 Å². The van der Waals surface area contributed by atoms with E-state index in [1.54, 1.807) is 0 Å². The molecule has 0 aliphatic carbocycles. The predicted molar refractivity (Wildman–Crippen MR) is 301 cm³/mol. The van der Waals surface area contributed by atoms with E-state index in [0.29, 0.717) is 0 Å². The van der Waals surface area contributed by atoms with Crippen LogP contribution in [0.25, 0.3) is 38.7 Å². The van der Waals surface area contributed by atoms with Crippen molar-refractivity contribution in [2.75, 3.05) is 16.9 Å². The van der Waals surface area contributed by atoms with Crippen LogP contribution >= 0.6 is 0 Å². The van der Waals surface area contributed by atoms with Crippen LogP contribution in [0.15, 0.2) is 144 Å². The van der Waals surface area contributed by atoms with Crippen molar-refractivity contribution in [3.8, 4) is 28.0 Å². The first-order chi connectivity index (χ1) is 33.1. The standard InChI is InChI=1S/C65H69BN2O2/c1-39(2)45-33-56-60-57(34-45)68(62-42(5)31-48(65(12,13)14)36-50(62)43-21-17-16-18-22-43)55-27-25-44(52-38-70-59-24-20-19-23-49(52)59)32-53(55)66(60)54(51-35-46(63(6,7)8)26-28-58(51)69-15)37-67(56)61-40(3)29-47(30-41(61)4)64(9,10)11/h16-39H,1-15H3. The summed E-state index contributed by atoms with van der Waals surface area (Å²) in [5.41, 5.74) is 25.1. The summed E-state index contributed by atoms with van der Waals surface area (Å²) in [6.45, 7) is 32.2. The third-order valence-electron chi connectivity index (χ3n) is 15.0. The predicted octanol–water partition coefficient (Wildman–Crippen LogP) is 16.8. The van der Waals surface area contributed by atoms with Gasteiger partial charge in [-0.2, -0.15) is 0 Å². The molecule has 0 amide bonds. The highest BCUT2D eigenvalue weighted by Crippen LogP contribution is 2.52. The van der Waals surface area contributed by atoms with Crippen LogP contribution in [0.4, 0.5) is 28.4 Å². The van der Waals surface area contributed by atoms with Crippen molar-refractivity contribution in [3.63, 3.8) is 0 Å². The van der Waals surface area contributed by atoms with Gasteiger partial charge in [-0.05, 0) is 152 Å². The van der Waals surface area contributed by atoms with E-state index in [1.165, 1.54) is 89.2 Å². The first-order valence-corrected chi connectivity index (χ1v) is 25.2. The van der Waals surface area contributed by atoms with Crippen molar-refractivity contribution in [1.82, 2.24) is 0 Å². The van der Waals surface area contributed by atoms with Gasteiger partial charge in [-0.3, -0.25) is 0 Å². The summed E-state index contributed by atoms with van der Waals surface area (Å²) in [5.74, 6) is 1.12. The Hall–Kier alpha value is -6.72. The van der Waals surface area contributed by atoms with E-state index in [-0.39, 0.29) is 28.9 Å². The lowest BCUT2D eigenvalue weighted by atomic mass is 9.32. The molecule has 3 heterocycles. The van der Waals surface area contributed by atoms with E-state index in [9.17, 15) is 0 Å². The summed E-state index contributed by atoms with van der Waals surface area (Å²) in [7, 11) is 1.82. The smallest absolute Gasteiger partial charge is 0.252 e. The number of nitrogens with zero attached hydrogens (tertiary/aromatic N) is 2. The molecule has 1 aromatic heterocycles. The highest BCUT2D eigenvalue weighted by molar-refractivity contribution is 7.03. The molecule has 0 saturated carbocycles. The van der Waals surface area contributed by atoms with Gasteiger partial charge in [0.15, 0.2) is 0 Å². The second kappa shape index (κ2) is 17.0. The Bertz CT molecular complexity index is 3360. The zero-order valence-electron chi connectivity index (χ0n) is 44.1. The average molecular weight is 921 g/mol. The van der Waals surface area contributed by atoms with Gasteiger partial charge in [0.25, 0.3) is 6.71 Å². The zero-order chi connectivity index (χ0) is 49.8. The quantitative estimate of drug-likeness (QED) is 0.149. The van der Waals surface area contributed by atoms with Crippen molar-refractivity contribution in [1.29, 1.82) is 0 Å². The molecular formula is C65H69BN2O2. The van der Waals surface area contributed by atoms with E-state index in [4.69, 9.17) is 9.15 Å². The Labute approximate surface area is 418 Å². The average Bonchev–Trinajstić information content (AvgIpc) is 3.75. The maximum atomic E-state index is 6.43. The molecule has 7 aromatic carbocycles. The number of anilines is 5. The number of fused-ring (bicyclic) bond motifs is 3. The number of furan rings is 1. The molecule has 0 saturated heterocycles. The number of ether oxygens (including phenoxy) is 1. The Kier molecular flexibility index (Phi) is 11.4. The molecule has 354 valence electrons. The van der Waals surface area contributed by atoms with Crippen molar-refractivity contribution < 1.29 is 9.15 Å². The summed E-state index contributed by atoms with van der Waals surface area (Å²) >= 11 is 0. The fourth-order valence-corrected chi connectivity index (χ4v) is 11.1. The van der Waals surface area contributed by atoms with Crippen LogP contribution in [0, 0.1) is 20.8 Å². The van der Waals surface area contributed by atoms with Crippen LogP contribution in [0.2, 0.25) is 0 Å². The number of aryl methyl sites for hydroxylation is 3. The van der Waals surface area contributed by atoms with Gasteiger partial charge in [-0.1, -0.05) is 161 Å². The number of hydrogen-bond acceptors (Lipinski definition) is 4. The normalized spacial score (nSPS) is 13.8. The van der Waals surface area contributed by atoms with E-state index in [2.05, 4.69) is 234 Å². The Morgan fingerprint density at radius 1 is 0.543 bits per heavy atom. The van der Waals surface area contributed by atoms with Gasteiger partial charge in [0.05, 0.1) is 24.7 Å². The molecule has 0 N–H and O–H groups in total. The monoisotopic (exact) mass is 921 g/mol. The summed E-state index contributed by atoms with van der Waals surface area (Å²) in [6.07, 6.45) is 4.40. The first-order valence-electron chi connectivity index (χ1n) is 25.2. The third-order valence-corrected chi connectivity index (χ3v) is 15.0. The SMILES string of the molecule is COc1ccc(C(C)(C)C)cc1C1=CN(c2c(C)cc(C(C)(C)C)cc2C)c2cc(C(C)C)cc3c2B1c1cc(-c2coc4ccccc24)ccc1N3c1c(C)cc(C(C)(C)C)cc1-c1ccccc1. The maximum absolute atomic E-state index is 6.43. The summed E-state index contributed by atoms with van der Waals surface area (Å²) in [5, 5.41) is 1.10. The number of para-hydroxylation sites is 1. The fourth-order valence-electron chi connectivity index (χ4n) is 11.1. The molecule has 0 unspecified atom stereocenters. The second-order valence-electron chi connectivity index (χ2n) is 23.4. The Morgan fingerprint density at radius 3 is 1.79 bits per heavy atom. The molecule has 70 heavy (non-hydrogen) atoms. The van der Waals surface area contributed by atoms with Crippen molar-refractivity contribution in [2.45, 2.75) is 119 Å². The molecule has 0 atom stereocenters. The molecule has 0 spiro atoms. The Morgan fingerprint density at radius 2 is 1.14 bits per heavy atom. The molecule has 2 aliphatic heterocycles. The van der Waals surface area contributed by atoms with Crippen LogP contribution in [-0.4, -0.2) is 13.8 Å². The minimum Gasteiger partial charge on any atom is -0.496 e. The molecular weight excluding hydrogens is 852 g/mol. The van der Waals surface area contributed by atoms with Gasteiger partial charge in [0, 0.05) is 45.3 Å². The third kappa shape index (κ3) is 7.96. The number of benzene rings is 7. The number of rotatable bonds is 7. The Balaban J connectivity index is 1.38. The molecule has 10 rings (SSSR count). The molecule has 0 radical (unpaired) electrons. The largest absolute Gasteiger partial charge is 0.496 e. The van der Waals surface area contributed by atoms with Gasteiger partial charge in [0.1, 0.15) is 11.3 Å². The lowest BCUT2D eigenvalue weighted by molar-refractivity contribution is 0.413. The van der Waals surface area contributed by atoms with Gasteiger partial charge in [-0.25, -0.2) is 0 Å².